The summed E-state index contributed by atoms with van der Waals surface area (Å²) < 4.78 is 0. The summed E-state index contributed by atoms with van der Waals surface area (Å²) in [6.07, 6.45) is 4.24. The fourth-order valence-electron chi connectivity index (χ4n) is 0.561. The van der Waals surface area contributed by atoms with E-state index in [1.807, 2.05) is 0 Å². The first-order valence-corrected chi connectivity index (χ1v) is 3.24. The third kappa shape index (κ3) is 7.23. The second-order valence-electron chi connectivity index (χ2n) is 2.31. The third-order valence-electron chi connectivity index (χ3n) is 1.03. The van der Waals surface area contributed by atoms with Gasteiger partial charge < -0.3 is 4.85 Å². The minimum absolute atomic E-state index is 0.670. The van der Waals surface area contributed by atoms with E-state index < -0.39 is 0 Å². The number of allylic oxidation sites excluding steroid dienone is 2. The highest BCUT2D eigenvalue weighted by atomic mass is 14.6. The average Bonchev–Trinajstić information content (AvgIpc) is 1.80. The van der Waals surface area contributed by atoms with E-state index >= 15 is 0 Å². The lowest BCUT2D eigenvalue weighted by Gasteiger charge is -1.86. The quantitative estimate of drug-likeness (QED) is 0.309. The van der Waals surface area contributed by atoms with Gasteiger partial charge in [0, 0.05) is 6.42 Å². The van der Waals surface area contributed by atoms with Crippen LogP contribution in [0.4, 0.5) is 0 Å². The Balaban J connectivity index is 3.12. The Morgan fingerprint density at radius 3 is 2.67 bits per heavy atom. The Bertz CT molecular complexity index is 124. The molecule has 1 nitrogen and oxygen atoms in total. The summed E-state index contributed by atoms with van der Waals surface area (Å²) in [5.41, 5.74) is 1.35. The first kappa shape index (κ1) is 8.23. The molecule has 0 aliphatic carbocycles. The van der Waals surface area contributed by atoms with Gasteiger partial charge in [0.25, 0.3) is 0 Å². The van der Waals surface area contributed by atoms with Crippen molar-refractivity contribution in [1.82, 2.24) is 0 Å². The highest BCUT2D eigenvalue weighted by molar-refractivity contribution is 4.92. The standard InChI is InChI=1S/C8H13N/c1-8(2)6-4-5-7-9-3/h6H,4-5,7H2,1-2H3. The van der Waals surface area contributed by atoms with E-state index in [0.717, 1.165) is 12.8 Å². The summed E-state index contributed by atoms with van der Waals surface area (Å²) in [7, 11) is 0. The molecule has 0 aliphatic rings. The van der Waals surface area contributed by atoms with Gasteiger partial charge in [0.1, 0.15) is 0 Å². The molecule has 0 radical (unpaired) electrons. The van der Waals surface area contributed by atoms with Gasteiger partial charge in [-0.2, -0.15) is 0 Å². The van der Waals surface area contributed by atoms with Gasteiger partial charge in [-0.25, -0.2) is 6.57 Å². The van der Waals surface area contributed by atoms with Gasteiger partial charge in [0.2, 0.25) is 6.54 Å². The number of rotatable bonds is 3. The molecule has 0 rings (SSSR count). The molecule has 0 bridgehead atoms. The fraction of sp³-hybridized carbons (Fsp3) is 0.625. The Kier molecular flexibility index (Phi) is 4.91. The minimum Gasteiger partial charge on any atom is -0.317 e. The molecule has 0 N–H and O–H groups in total. The Hall–Kier alpha value is -0.770. The minimum atomic E-state index is 0.670. The van der Waals surface area contributed by atoms with E-state index in [2.05, 4.69) is 24.8 Å². The number of hydrogen-bond donors (Lipinski definition) is 0. The Morgan fingerprint density at radius 2 is 2.22 bits per heavy atom. The predicted octanol–water partition coefficient (Wildman–Crippen LogP) is 2.65. The highest BCUT2D eigenvalue weighted by Gasteiger charge is 1.83. The van der Waals surface area contributed by atoms with Crippen LogP contribution in [0.1, 0.15) is 26.7 Å². The summed E-state index contributed by atoms with van der Waals surface area (Å²) in [5.74, 6) is 0. The molecule has 0 fully saturated rings. The van der Waals surface area contributed by atoms with E-state index in [0.29, 0.717) is 6.54 Å². The van der Waals surface area contributed by atoms with Crippen LogP contribution >= 0.6 is 0 Å². The maximum Gasteiger partial charge on any atom is 0.215 e. The van der Waals surface area contributed by atoms with Crippen LogP contribution < -0.4 is 0 Å². The van der Waals surface area contributed by atoms with Crippen molar-refractivity contribution >= 4 is 0 Å². The van der Waals surface area contributed by atoms with E-state index in [1.165, 1.54) is 5.57 Å². The van der Waals surface area contributed by atoms with Crippen molar-refractivity contribution in [2.24, 2.45) is 0 Å². The van der Waals surface area contributed by atoms with Crippen LogP contribution in [-0.2, 0) is 0 Å². The summed E-state index contributed by atoms with van der Waals surface area (Å²) in [4.78, 5) is 3.25. The van der Waals surface area contributed by atoms with E-state index in [4.69, 9.17) is 6.57 Å². The Morgan fingerprint density at radius 1 is 1.56 bits per heavy atom. The molecule has 0 aromatic rings. The molecule has 9 heavy (non-hydrogen) atoms. The van der Waals surface area contributed by atoms with Crippen LogP contribution in [0.2, 0.25) is 0 Å². The molecule has 0 saturated carbocycles. The zero-order chi connectivity index (χ0) is 7.11. The van der Waals surface area contributed by atoms with Crippen molar-refractivity contribution in [3.63, 3.8) is 0 Å². The molecule has 0 aromatic carbocycles. The maximum absolute atomic E-state index is 6.49. The van der Waals surface area contributed by atoms with Crippen molar-refractivity contribution in [2.75, 3.05) is 6.54 Å². The van der Waals surface area contributed by atoms with Crippen molar-refractivity contribution in [3.05, 3.63) is 23.1 Å². The molecule has 0 saturated heterocycles. The predicted molar refractivity (Wildman–Crippen MR) is 40.1 cm³/mol. The molecule has 0 atom stereocenters. The fourth-order valence-corrected chi connectivity index (χ4v) is 0.561. The van der Waals surface area contributed by atoms with Crippen molar-refractivity contribution in [3.8, 4) is 0 Å². The molecule has 0 heterocycles. The van der Waals surface area contributed by atoms with Gasteiger partial charge in [0.05, 0.1) is 0 Å². The molecular weight excluding hydrogens is 110 g/mol. The molecule has 0 aromatic heterocycles. The van der Waals surface area contributed by atoms with Gasteiger partial charge in [-0.3, -0.25) is 0 Å². The number of unbranched alkanes of at least 4 members (excludes halogenated alkanes) is 1. The lowest BCUT2D eigenvalue weighted by Crippen LogP contribution is -1.74. The van der Waals surface area contributed by atoms with E-state index in [-0.39, 0.29) is 0 Å². The molecule has 0 amide bonds. The topological polar surface area (TPSA) is 4.36 Å². The normalized spacial score (nSPS) is 8.11. The van der Waals surface area contributed by atoms with Crippen LogP contribution in [0.25, 0.3) is 4.85 Å². The zero-order valence-electron chi connectivity index (χ0n) is 6.15. The van der Waals surface area contributed by atoms with Crippen LogP contribution in [-0.4, -0.2) is 6.54 Å². The zero-order valence-corrected chi connectivity index (χ0v) is 6.15. The van der Waals surface area contributed by atoms with Gasteiger partial charge in [0.15, 0.2) is 0 Å². The molecule has 0 spiro atoms. The highest BCUT2D eigenvalue weighted by Crippen LogP contribution is 1.96. The van der Waals surface area contributed by atoms with Crippen LogP contribution in [0.15, 0.2) is 11.6 Å². The van der Waals surface area contributed by atoms with Gasteiger partial charge in [-0.1, -0.05) is 11.6 Å². The second-order valence-corrected chi connectivity index (χ2v) is 2.31. The van der Waals surface area contributed by atoms with Gasteiger partial charge in [-0.15, -0.1) is 0 Å². The Labute approximate surface area is 57.2 Å². The van der Waals surface area contributed by atoms with Crippen molar-refractivity contribution in [1.29, 1.82) is 0 Å². The lowest BCUT2D eigenvalue weighted by atomic mass is 10.2. The molecule has 50 valence electrons. The third-order valence-corrected chi connectivity index (χ3v) is 1.03. The molecule has 0 unspecified atom stereocenters. The first-order valence-electron chi connectivity index (χ1n) is 3.24. The largest absolute Gasteiger partial charge is 0.317 e. The average molecular weight is 123 g/mol. The monoisotopic (exact) mass is 123 g/mol. The van der Waals surface area contributed by atoms with E-state index in [1.54, 1.807) is 0 Å². The second kappa shape index (κ2) is 5.37. The maximum atomic E-state index is 6.49. The first-order chi connectivity index (χ1) is 4.27. The summed E-state index contributed by atoms with van der Waals surface area (Å²) in [6.45, 7) is 11.3. The van der Waals surface area contributed by atoms with Crippen molar-refractivity contribution in [2.45, 2.75) is 26.7 Å². The molecule has 0 aliphatic heterocycles. The van der Waals surface area contributed by atoms with E-state index in [9.17, 15) is 0 Å². The number of hydrogen-bond acceptors (Lipinski definition) is 0. The molecular formula is C8H13N. The smallest absolute Gasteiger partial charge is 0.215 e. The van der Waals surface area contributed by atoms with Gasteiger partial charge in [-0.05, 0) is 20.3 Å². The van der Waals surface area contributed by atoms with Gasteiger partial charge >= 0.3 is 0 Å². The number of nitrogens with zero attached hydrogens (tertiary/aromatic N) is 1. The molecule has 1 heteroatoms. The summed E-state index contributed by atoms with van der Waals surface area (Å²) in [5, 5.41) is 0. The van der Waals surface area contributed by atoms with Crippen molar-refractivity contribution < 1.29 is 0 Å². The summed E-state index contributed by atoms with van der Waals surface area (Å²) in [6, 6.07) is 0. The van der Waals surface area contributed by atoms with Crippen LogP contribution in [0.5, 0.6) is 0 Å². The van der Waals surface area contributed by atoms with Crippen LogP contribution in [0, 0.1) is 6.57 Å². The lowest BCUT2D eigenvalue weighted by molar-refractivity contribution is 0.915. The SMILES string of the molecule is [C-]#[N+]CCCC=C(C)C. The van der Waals surface area contributed by atoms with Crippen LogP contribution in [0.3, 0.4) is 0 Å². The summed E-state index contributed by atoms with van der Waals surface area (Å²) >= 11 is 0.